The first-order valence-corrected chi connectivity index (χ1v) is 17.1. The number of carbonyl (C=O) groups excluding carboxylic acids is 6. The van der Waals surface area contributed by atoms with Crippen molar-refractivity contribution in [2.75, 3.05) is 58.3 Å². The minimum absolute atomic E-state index is 0.0419. The molecule has 1 fully saturated rings. The number of ether oxygens (including phenoxy) is 2. The molecule has 290 valence electrons. The Labute approximate surface area is 307 Å². The lowest BCUT2D eigenvalue weighted by Gasteiger charge is -2.50. The van der Waals surface area contributed by atoms with Gasteiger partial charge in [-0.05, 0) is 56.3 Å². The average Bonchev–Trinajstić information content (AvgIpc) is 3.02. The number of nitrogens with zero attached hydrogens (tertiary/aromatic N) is 3. The van der Waals surface area contributed by atoms with E-state index in [2.05, 4.69) is 5.32 Å². The third-order valence-corrected chi connectivity index (χ3v) is 9.62. The molecule has 0 unspecified atom stereocenters. The Balaban J connectivity index is 1.68. The number of esters is 1. The van der Waals surface area contributed by atoms with Gasteiger partial charge >= 0.3 is 12.1 Å². The van der Waals surface area contributed by atoms with Crippen LogP contribution >= 0.6 is 0 Å². The second-order valence-electron chi connectivity index (χ2n) is 15.3. The molecule has 1 saturated carbocycles. The van der Waals surface area contributed by atoms with Crippen LogP contribution in [-0.2, 0) is 39.9 Å². The van der Waals surface area contributed by atoms with Crippen LogP contribution in [0.15, 0.2) is 23.0 Å². The van der Waals surface area contributed by atoms with Gasteiger partial charge in [0.15, 0.2) is 11.4 Å². The number of nitrogens with one attached hydrogen (secondary N) is 1. The zero-order valence-corrected chi connectivity index (χ0v) is 31.2. The van der Waals surface area contributed by atoms with Gasteiger partial charge in [0.25, 0.3) is 5.91 Å². The maximum absolute atomic E-state index is 14.2. The zero-order chi connectivity index (χ0) is 39.9. The van der Waals surface area contributed by atoms with Crippen molar-refractivity contribution in [3.05, 3.63) is 34.1 Å². The van der Waals surface area contributed by atoms with Crippen LogP contribution in [0.4, 0.5) is 16.2 Å². The first-order chi connectivity index (χ1) is 24.6. The summed E-state index contributed by atoms with van der Waals surface area (Å²) in [6.07, 6.45) is -0.425. The fourth-order valence-corrected chi connectivity index (χ4v) is 7.37. The minimum atomic E-state index is -2.81. The number of nitrogens with two attached hydrogens (primary N) is 1. The van der Waals surface area contributed by atoms with Crippen molar-refractivity contribution in [1.29, 1.82) is 0 Å². The average molecular weight is 744 g/mol. The van der Waals surface area contributed by atoms with E-state index in [1.807, 2.05) is 20.8 Å². The van der Waals surface area contributed by atoms with Crippen molar-refractivity contribution in [2.24, 2.45) is 23.0 Å². The van der Waals surface area contributed by atoms with Crippen LogP contribution in [0.1, 0.15) is 58.1 Å². The molecule has 0 spiro atoms. The highest BCUT2D eigenvalue weighted by Gasteiger charge is 2.64. The van der Waals surface area contributed by atoms with Crippen molar-refractivity contribution in [3.8, 4) is 5.75 Å². The summed E-state index contributed by atoms with van der Waals surface area (Å²) in [7, 11) is 6.40. The lowest BCUT2D eigenvalue weighted by Crippen LogP contribution is -2.65. The lowest BCUT2D eigenvalue weighted by atomic mass is 9.57. The van der Waals surface area contributed by atoms with Crippen LogP contribution in [0.2, 0.25) is 0 Å². The van der Waals surface area contributed by atoms with Gasteiger partial charge in [0, 0.05) is 37.8 Å². The smallest absolute Gasteiger partial charge is 0.413 e. The van der Waals surface area contributed by atoms with Crippen LogP contribution in [0, 0.1) is 17.3 Å². The Morgan fingerprint density at radius 3 is 2.25 bits per heavy atom. The van der Waals surface area contributed by atoms with E-state index in [1.165, 1.54) is 25.1 Å². The van der Waals surface area contributed by atoms with Gasteiger partial charge in [-0.3, -0.25) is 33.8 Å². The first kappa shape index (κ1) is 40.6. The molecule has 7 N–H and O–H groups in total. The summed E-state index contributed by atoms with van der Waals surface area (Å²) in [6.45, 7) is 6.23. The maximum Gasteiger partial charge on any atom is 0.413 e. The Hall–Kier alpha value is -5.16. The number of ketones is 2. The van der Waals surface area contributed by atoms with Crippen LogP contribution in [0.25, 0.3) is 5.76 Å². The second-order valence-corrected chi connectivity index (χ2v) is 15.3. The number of carbonyl (C=O) groups is 6. The number of fused-ring (bicyclic) bond motifs is 3. The van der Waals surface area contributed by atoms with Crippen molar-refractivity contribution in [3.63, 3.8) is 0 Å². The third-order valence-electron chi connectivity index (χ3n) is 9.62. The molecule has 3 amide bonds. The molecule has 1 aromatic rings. The summed E-state index contributed by atoms with van der Waals surface area (Å²) >= 11 is 0. The van der Waals surface area contributed by atoms with Crippen molar-refractivity contribution >= 4 is 52.6 Å². The monoisotopic (exact) mass is 743 g/mol. The number of aliphatic hydroxyl groups excluding tert-OH is 2. The van der Waals surface area contributed by atoms with E-state index in [0.29, 0.717) is 17.7 Å². The quantitative estimate of drug-likeness (QED) is 0.0818. The van der Waals surface area contributed by atoms with Crippen LogP contribution in [-0.4, -0.2) is 125 Å². The van der Waals surface area contributed by atoms with Gasteiger partial charge in [-0.2, -0.15) is 0 Å². The van der Waals surface area contributed by atoms with Gasteiger partial charge in [0.05, 0.1) is 23.7 Å². The van der Waals surface area contributed by atoms with Crippen molar-refractivity contribution in [2.45, 2.75) is 65.0 Å². The number of phenols is 1. The Morgan fingerprint density at radius 1 is 1.06 bits per heavy atom. The Bertz CT molecular complexity index is 1790. The van der Waals surface area contributed by atoms with Gasteiger partial charge in [0.2, 0.25) is 18.5 Å². The lowest BCUT2D eigenvalue weighted by molar-refractivity contribution is -0.155. The van der Waals surface area contributed by atoms with E-state index in [9.17, 15) is 49.2 Å². The number of aromatic hydroxyl groups is 1. The van der Waals surface area contributed by atoms with Gasteiger partial charge in [-0.1, -0.05) is 27.7 Å². The SMILES string of the molecule is CCCN(CC(=O)Nc1cc(N(C)C)c2c(c1O)C(O)=C1C(=O)[C@]3(O)C(O)=C(C(N)=O)C(=O)[C@@H](N(C)C)[C@@H]3C[C@@H]1C2)C(=O)OCOC(=O)CC(C)(C)C. The molecule has 0 bridgehead atoms. The predicted molar refractivity (Wildman–Crippen MR) is 191 cm³/mol. The van der Waals surface area contributed by atoms with E-state index >= 15 is 0 Å². The van der Waals surface area contributed by atoms with Crippen molar-refractivity contribution in [1.82, 2.24) is 9.80 Å². The number of Topliss-reactive ketones (excluding diaryl/α,β-unsaturated/α-hetero) is 2. The number of phenolic OH excluding ortho intramolecular Hbond substituents is 1. The standard InChI is InChI=1S/C36H49N5O12/c1-9-10-41(34(50)53-16-52-23(43)14-35(2,3)4)15-22(42)38-20-13-21(39(5)6)18-11-17-12-19-27(40(7)8)30(46)26(33(37)49)32(48)36(19,51)31(47)24(17)29(45)25(18)28(20)44/h13,17,19,27,44-45,48,51H,9-12,14-16H2,1-8H3,(H2,37,49)(H,38,42)/t17-,19-,27-,36-/m0/s1. The minimum Gasteiger partial charge on any atom is -0.508 e. The van der Waals surface area contributed by atoms with Gasteiger partial charge in [-0.15, -0.1) is 0 Å². The Kier molecular flexibility index (Phi) is 11.5. The number of likely N-dealkylation sites (N-methyl/N-ethyl adjacent to an activating group) is 1. The van der Waals surface area contributed by atoms with Gasteiger partial charge in [-0.25, -0.2) is 4.79 Å². The fourth-order valence-electron chi connectivity index (χ4n) is 7.37. The van der Waals surface area contributed by atoms with Crippen LogP contribution in [0.5, 0.6) is 5.75 Å². The molecular weight excluding hydrogens is 694 g/mol. The van der Waals surface area contributed by atoms with Gasteiger partial charge < -0.3 is 45.9 Å². The van der Waals surface area contributed by atoms with Gasteiger partial charge in [0.1, 0.15) is 29.4 Å². The maximum atomic E-state index is 14.2. The molecule has 17 nitrogen and oxygen atoms in total. The summed E-state index contributed by atoms with van der Waals surface area (Å²) in [5.74, 6) is -9.27. The molecule has 0 saturated heterocycles. The van der Waals surface area contributed by atoms with E-state index in [4.69, 9.17) is 15.2 Å². The second kappa shape index (κ2) is 15.1. The number of aliphatic hydroxyl groups is 3. The number of anilines is 2. The molecule has 0 aromatic heterocycles. The highest BCUT2D eigenvalue weighted by molar-refractivity contribution is 6.24. The van der Waals surface area contributed by atoms with E-state index < -0.39 is 95.1 Å². The number of rotatable bonds is 11. The van der Waals surface area contributed by atoms with Crippen LogP contribution < -0.4 is 16.0 Å². The molecular formula is C36H49N5O12. The molecule has 0 radical (unpaired) electrons. The topological polar surface area (TPSA) is 250 Å². The highest BCUT2D eigenvalue weighted by atomic mass is 16.7. The molecule has 3 aliphatic rings. The molecule has 4 atom stereocenters. The third kappa shape index (κ3) is 7.67. The summed E-state index contributed by atoms with van der Waals surface area (Å²) in [5.41, 5.74) is 1.42. The predicted octanol–water partition coefficient (Wildman–Crippen LogP) is 1.75. The van der Waals surface area contributed by atoms with E-state index in [0.717, 1.165) is 4.90 Å². The molecule has 0 heterocycles. The normalized spacial score (nSPS) is 22.5. The zero-order valence-electron chi connectivity index (χ0n) is 31.2. The molecule has 0 aliphatic heterocycles. The summed E-state index contributed by atoms with van der Waals surface area (Å²) in [5, 5.41) is 48.8. The molecule has 4 rings (SSSR count). The number of benzene rings is 1. The number of hydrogen-bond donors (Lipinski definition) is 6. The molecule has 1 aromatic carbocycles. The number of hydrogen-bond acceptors (Lipinski definition) is 14. The largest absolute Gasteiger partial charge is 0.508 e. The molecule has 17 heteroatoms. The summed E-state index contributed by atoms with van der Waals surface area (Å²) < 4.78 is 10.0. The van der Waals surface area contributed by atoms with Crippen molar-refractivity contribution < 1.29 is 58.7 Å². The summed E-state index contributed by atoms with van der Waals surface area (Å²) in [4.78, 5) is 82.1. The van der Waals surface area contributed by atoms with E-state index in [1.54, 1.807) is 25.9 Å². The van der Waals surface area contributed by atoms with Crippen LogP contribution in [0.3, 0.4) is 0 Å². The first-order valence-electron chi connectivity index (χ1n) is 17.1. The molecule has 3 aliphatic carbocycles. The summed E-state index contributed by atoms with van der Waals surface area (Å²) in [6, 6.07) is 0.239. The fraction of sp³-hybridized carbons (Fsp3) is 0.556. The Morgan fingerprint density at radius 2 is 1.70 bits per heavy atom. The molecule has 53 heavy (non-hydrogen) atoms. The van der Waals surface area contributed by atoms with E-state index in [-0.39, 0.29) is 48.0 Å². The number of amides is 3. The highest BCUT2D eigenvalue weighted by Crippen LogP contribution is 2.54. The number of primary amides is 1.